The number of hydrogen-bond donors (Lipinski definition) is 1. The lowest BCUT2D eigenvalue weighted by atomic mass is 10.0. The van der Waals surface area contributed by atoms with E-state index in [1.54, 1.807) is 4.90 Å². The highest BCUT2D eigenvalue weighted by molar-refractivity contribution is 5.89. The van der Waals surface area contributed by atoms with Crippen LogP contribution in [-0.2, 0) is 16.1 Å². The Morgan fingerprint density at radius 3 is 2.50 bits per heavy atom. The van der Waals surface area contributed by atoms with E-state index in [0.717, 1.165) is 29.4 Å². The number of H-pyrrole nitrogens is 1. The molecular weight excluding hydrogens is 404 g/mol. The highest BCUT2D eigenvalue weighted by Crippen LogP contribution is 2.28. The second kappa shape index (κ2) is 8.30. The molecule has 32 heavy (non-hydrogen) atoms. The van der Waals surface area contributed by atoms with Crippen molar-refractivity contribution < 1.29 is 9.59 Å². The van der Waals surface area contributed by atoms with Crippen molar-refractivity contribution in [3.8, 4) is 0 Å². The number of carbonyl (C=O) groups is 2. The van der Waals surface area contributed by atoms with Crippen LogP contribution in [0.1, 0.15) is 36.4 Å². The van der Waals surface area contributed by atoms with E-state index in [-0.39, 0.29) is 35.9 Å². The number of para-hydroxylation sites is 2. The molecule has 0 saturated carbocycles. The van der Waals surface area contributed by atoms with Gasteiger partial charge in [0.25, 0.3) is 0 Å². The maximum absolute atomic E-state index is 13.1. The molecule has 5 rings (SSSR count). The lowest BCUT2D eigenvalue weighted by Crippen LogP contribution is -2.43. The van der Waals surface area contributed by atoms with E-state index in [4.69, 9.17) is 0 Å². The quantitative estimate of drug-likeness (QED) is 0.689. The number of imidazole rings is 1. The Bertz CT molecular complexity index is 1200. The molecule has 0 radical (unpaired) electrons. The average Bonchev–Trinajstić information content (AvgIpc) is 3.33. The number of aromatic nitrogens is 2. The number of aromatic amines is 1. The number of aryl methyl sites for hydroxylation is 1. The summed E-state index contributed by atoms with van der Waals surface area (Å²) >= 11 is 0. The maximum Gasteiger partial charge on any atom is 0.326 e. The summed E-state index contributed by atoms with van der Waals surface area (Å²) in [6.45, 7) is 4.29. The van der Waals surface area contributed by atoms with Crippen molar-refractivity contribution >= 4 is 22.8 Å². The van der Waals surface area contributed by atoms with Crippen LogP contribution in [0.5, 0.6) is 0 Å². The Kier molecular flexibility index (Phi) is 5.33. The number of nitrogens with one attached hydrogen (secondary N) is 1. The molecule has 0 aliphatic carbocycles. The Morgan fingerprint density at radius 1 is 1.03 bits per heavy atom. The molecule has 2 aromatic carbocycles. The van der Waals surface area contributed by atoms with Crippen molar-refractivity contribution in [2.75, 3.05) is 19.6 Å². The second-order valence-electron chi connectivity index (χ2n) is 9.03. The number of fused-ring (bicyclic) bond motifs is 1. The first-order valence-electron chi connectivity index (χ1n) is 11.3. The first kappa shape index (κ1) is 20.5. The smallest absolute Gasteiger partial charge is 0.326 e. The van der Waals surface area contributed by atoms with E-state index in [9.17, 15) is 14.4 Å². The van der Waals surface area contributed by atoms with E-state index in [2.05, 4.69) is 4.98 Å². The third-order valence-corrected chi connectivity index (χ3v) is 6.82. The van der Waals surface area contributed by atoms with Crippen LogP contribution >= 0.6 is 0 Å². The van der Waals surface area contributed by atoms with Gasteiger partial charge in [0.05, 0.1) is 17.0 Å². The summed E-state index contributed by atoms with van der Waals surface area (Å²) in [4.78, 5) is 44.7. The van der Waals surface area contributed by atoms with E-state index < -0.39 is 0 Å². The van der Waals surface area contributed by atoms with Crippen molar-refractivity contribution in [3.63, 3.8) is 0 Å². The molecule has 2 saturated heterocycles. The highest BCUT2D eigenvalue weighted by atomic mass is 16.2. The van der Waals surface area contributed by atoms with Crippen LogP contribution in [0.25, 0.3) is 11.0 Å². The summed E-state index contributed by atoms with van der Waals surface area (Å²) in [6.07, 6.45) is 1.76. The van der Waals surface area contributed by atoms with Crippen LogP contribution < -0.4 is 5.69 Å². The summed E-state index contributed by atoms with van der Waals surface area (Å²) in [5, 5.41) is 0. The third-order valence-electron chi connectivity index (χ3n) is 6.82. The molecule has 3 aromatic rings. The first-order valence-corrected chi connectivity index (χ1v) is 11.3. The fraction of sp³-hybridized carbons (Fsp3) is 0.400. The Balaban J connectivity index is 1.21. The predicted molar refractivity (Wildman–Crippen MR) is 122 cm³/mol. The maximum atomic E-state index is 13.1. The van der Waals surface area contributed by atoms with Crippen molar-refractivity contribution in [2.45, 2.75) is 38.8 Å². The molecule has 1 atom stereocenters. The zero-order chi connectivity index (χ0) is 22.2. The number of piperidine rings is 1. The summed E-state index contributed by atoms with van der Waals surface area (Å²) in [5.74, 6) is -0.168. The van der Waals surface area contributed by atoms with Gasteiger partial charge in [0.2, 0.25) is 11.8 Å². The number of rotatable bonds is 4. The van der Waals surface area contributed by atoms with Crippen molar-refractivity contribution in [1.82, 2.24) is 19.4 Å². The summed E-state index contributed by atoms with van der Waals surface area (Å²) in [7, 11) is 0. The van der Waals surface area contributed by atoms with E-state index in [1.807, 2.05) is 64.9 Å². The summed E-state index contributed by atoms with van der Waals surface area (Å²) in [6, 6.07) is 15.9. The largest absolute Gasteiger partial charge is 0.342 e. The normalized spacial score (nSPS) is 19.8. The summed E-state index contributed by atoms with van der Waals surface area (Å²) < 4.78 is 1.83. The molecule has 2 amide bonds. The van der Waals surface area contributed by atoms with Gasteiger partial charge in [-0.25, -0.2) is 4.79 Å². The minimum Gasteiger partial charge on any atom is -0.342 e. The van der Waals surface area contributed by atoms with Gasteiger partial charge in [-0.1, -0.05) is 42.0 Å². The van der Waals surface area contributed by atoms with Gasteiger partial charge >= 0.3 is 5.69 Å². The molecule has 3 heterocycles. The van der Waals surface area contributed by atoms with Crippen LogP contribution in [0, 0.1) is 12.8 Å². The molecular formula is C25H28N4O3. The number of hydrogen-bond acceptors (Lipinski definition) is 3. The third kappa shape index (κ3) is 3.83. The zero-order valence-electron chi connectivity index (χ0n) is 18.3. The molecule has 7 heteroatoms. The Hall–Kier alpha value is -3.35. The molecule has 2 aliphatic heterocycles. The minimum absolute atomic E-state index is 0.0455. The van der Waals surface area contributed by atoms with Gasteiger partial charge in [-0.05, 0) is 37.5 Å². The van der Waals surface area contributed by atoms with Crippen molar-refractivity contribution in [2.24, 2.45) is 5.92 Å². The Morgan fingerprint density at radius 2 is 1.75 bits per heavy atom. The van der Waals surface area contributed by atoms with Gasteiger partial charge in [-0.2, -0.15) is 0 Å². The molecule has 2 fully saturated rings. The highest BCUT2D eigenvalue weighted by Gasteiger charge is 2.37. The van der Waals surface area contributed by atoms with Gasteiger partial charge in [0.15, 0.2) is 0 Å². The summed E-state index contributed by atoms with van der Waals surface area (Å²) in [5.41, 5.74) is 3.93. The second-order valence-corrected chi connectivity index (χ2v) is 9.03. The van der Waals surface area contributed by atoms with Crippen molar-refractivity contribution in [3.05, 3.63) is 70.1 Å². The fourth-order valence-corrected chi connectivity index (χ4v) is 5.04. The standard InChI is InChI=1S/C25H28N4O3/c1-17-6-8-18(9-7-17)15-28-16-19(14-23(28)30)24(31)27-12-10-20(11-13-27)29-22-5-3-2-4-21(22)26-25(29)32/h2-9,19-20H,10-16H2,1H3,(H,26,32). The zero-order valence-corrected chi connectivity index (χ0v) is 18.3. The molecule has 1 unspecified atom stereocenters. The van der Waals surface area contributed by atoms with Gasteiger partial charge in [0.1, 0.15) is 0 Å². The van der Waals surface area contributed by atoms with Crippen molar-refractivity contribution in [1.29, 1.82) is 0 Å². The predicted octanol–water partition coefficient (Wildman–Crippen LogP) is 2.85. The number of carbonyl (C=O) groups excluding carboxylic acids is 2. The monoisotopic (exact) mass is 432 g/mol. The molecule has 0 bridgehead atoms. The topological polar surface area (TPSA) is 78.4 Å². The number of amides is 2. The van der Waals surface area contributed by atoms with Gasteiger partial charge in [-0.3, -0.25) is 14.2 Å². The average molecular weight is 433 g/mol. The SMILES string of the molecule is Cc1ccc(CN2CC(C(=O)N3CCC(n4c(=O)[nH]c5ccccc54)CC3)CC2=O)cc1. The molecule has 1 aromatic heterocycles. The van der Waals surface area contributed by atoms with Gasteiger partial charge in [-0.15, -0.1) is 0 Å². The van der Waals surface area contributed by atoms with Crippen LogP contribution in [0.15, 0.2) is 53.3 Å². The molecule has 7 nitrogen and oxygen atoms in total. The lowest BCUT2D eigenvalue weighted by Gasteiger charge is -2.34. The molecule has 0 spiro atoms. The van der Waals surface area contributed by atoms with E-state index in [0.29, 0.717) is 26.2 Å². The van der Waals surface area contributed by atoms with Crippen LogP contribution in [0.4, 0.5) is 0 Å². The van der Waals surface area contributed by atoms with E-state index >= 15 is 0 Å². The molecule has 166 valence electrons. The van der Waals surface area contributed by atoms with Crippen LogP contribution in [-0.4, -0.2) is 50.8 Å². The molecule has 2 aliphatic rings. The van der Waals surface area contributed by atoms with Gasteiger partial charge < -0.3 is 14.8 Å². The molecule has 1 N–H and O–H groups in total. The Labute approximate surface area is 186 Å². The van der Waals surface area contributed by atoms with Gasteiger partial charge in [0, 0.05) is 38.6 Å². The lowest BCUT2D eigenvalue weighted by molar-refractivity contribution is -0.137. The van der Waals surface area contributed by atoms with Crippen LogP contribution in [0.3, 0.4) is 0 Å². The number of benzene rings is 2. The number of nitrogens with zero attached hydrogens (tertiary/aromatic N) is 3. The number of likely N-dealkylation sites (tertiary alicyclic amines) is 2. The minimum atomic E-state index is -0.277. The first-order chi connectivity index (χ1) is 15.5. The van der Waals surface area contributed by atoms with E-state index in [1.165, 1.54) is 5.56 Å². The fourth-order valence-electron chi connectivity index (χ4n) is 5.04. The van der Waals surface area contributed by atoms with Crippen LogP contribution in [0.2, 0.25) is 0 Å².